The number of carboxylic acids is 1. The highest BCUT2D eigenvalue weighted by Gasteiger charge is 2.17. The van der Waals surface area contributed by atoms with Crippen molar-refractivity contribution in [3.63, 3.8) is 0 Å². The molecule has 0 fully saturated rings. The van der Waals surface area contributed by atoms with Crippen molar-refractivity contribution in [2.24, 2.45) is 0 Å². The van der Waals surface area contributed by atoms with Crippen LogP contribution in [0.15, 0.2) is 30.3 Å². The van der Waals surface area contributed by atoms with E-state index in [9.17, 15) is 4.79 Å². The lowest BCUT2D eigenvalue weighted by atomic mass is 10.3. The number of carbonyl (C=O) groups is 1. The monoisotopic (exact) mass is 284 g/mol. The Morgan fingerprint density at radius 3 is 2.67 bits per heavy atom. The van der Waals surface area contributed by atoms with E-state index in [-0.39, 0.29) is 0 Å². The highest BCUT2D eigenvalue weighted by molar-refractivity contribution is 7.99. The summed E-state index contributed by atoms with van der Waals surface area (Å²) in [5.74, 6) is 0.473. The summed E-state index contributed by atoms with van der Waals surface area (Å²) in [6, 6.07) is 8.73. The highest BCUT2D eigenvalue weighted by Crippen LogP contribution is 2.06. The summed E-state index contributed by atoms with van der Waals surface area (Å²) in [5, 5.41) is 15.1. The molecule has 0 aliphatic heterocycles. The number of hydrogen-bond acceptors (Lipinski definition) is 3. The number of rotatable bonds is 6. The lowest BCUT2D eigenvalue weighted by Gasteiger charge is -2.16. The molecule has 18 heavy (non-hydrogen) atoms. The van der Waals surface area contributed by atoms with E-state index in [4.69, 9.17) is 17.3 Å². The summed E-state index contributed by atoms with van der Waals surface area (Å²) in [5.41, 5.74) is 0.835. The second-order valence-electron chi connectivity index (χ2n) is 3.51. The van der Waals surface area contributed by atoms with Crippen LogP contribution in [0, 0.1) is 0 Å². The number of para-hydroxylation sites is 1. The molecule has 0 aromatic heterocycles. The number of thioether (sulfide) groups is 1. The normalized spacial score (nSPS) is 11.6. The van der Waals surface area contributed by atoms with Gasteiger partial charge in [-0.1, -0.05) is 25.1 Å². The van der Waals surface area contributed by atoms with Crippen LogP contribution in [-0.4, -0.2) is 33.7 Å². The van der Waals surface area contributed by atoms with E-state index in [1.807, 2.05) is 37.3 Å². The predicted octanol–water partition coefficient (Wildman–Crippen LogP) is 2.18. The van der Waals surface area contributed by atoms with Crippen LogP contribution in [0.1, 0.15) is 6.92 Å². The van der Waals surface area contributed by atoms with E-state index >= 15 is 0 Å². The molecule has 98 valence electrons. The molecule has 0 saturated heterocycles. The molecule has 0 saturated carbocycles. The second-order valence-corrected chi connectivity index (χ2v) is 5.24. The van der Waals surface area contributed by atoms with Crippen molar-refractivity contribution in [3.05, 3.63) is 30.3 Å². The molecule has 0 radical (unpaired) electrons. The Kier molecular flexibility index (Phi) is 6.53. The minimum Gasteiger partial charge on any atom is -0.480 e. The van der Waals surface area contributed by atoms with Crippen molar-refractivity contribution in [2.45, 2.75) is 13.0 Å². The Hall–Kier alpha value is -1.27. The van der Waals surface area contributed by atoms with Gasteiger partial charge in [-0.2, -0.15) is 11.8 Å². The summed E-state index contributed by atoms with van der Waals surface area (Å²) in [6.07, 6.45) is 0. The van der Waals surface area contributed by atoms with Gasteiger partial charge in [-0.05, 0) is 30.1 Å². The van der Waals surface area contributed by atoms with Crippen LogP contribution in [0.5, 0.6) is 0 Å². The molecule has 0 spiro atoms. The molecule has 1 unspecified atom stereocenters. The molecule has 0 heterocycles. The molecule has 0 aliphatic carbocycles. The molecule has 0 bridgehead atoms. The third kappa shape index (κ3) is 5.37. The minimum atomic E-state index is -0.895. The third-order valence-electron chi connectivity index (χ3n) is 2.12. The topological polar surface area (TPSA) is 61.4 Å². The Bertz CT molecular complexity index is 398. The van der Waals surface area contributed by atoms with Crippen molar-refractivity contribution in [1.82, 2.24) is 5.32 Å². The van der Waals surface area contributed by atoms with Crippen LogP contribution >= 0.6 is 24.0 Å². The first-order valence-electron chi connectivity index (χ1n) is 5.56. The summed E-state index contributed by atoms with van der Waals surface area (Å²) in [7, 11) is 0. The number of anilines is 1. The summed E-state index contributed by atoms with van der Waals surface area (Å²) in [6.45, 7) is 1.99. The summed E-state index contributed by atoms with van der Waals surface area (Å²) in [4.78, 5) is 11.0. The Morgan fingerprint density at radius 1 is 1.44 bits per heavy atom. The second kappa shape index (κ2) is 7.94. The third-order valence-corrected chi connectivity index (χ3v) is 3.32. The first-order valence-corrected chi connectivity index (χ1v) is 7.13. The standard InChI is InChI=1S/C12H16N2O2S2/c1-2-18-8-10(11(15)16)14-12(17)13-9-6-4-3-5-7-9/h3-7,10H,2,8H2,1H3,(H,15,16)(H2,13,14,17). The van der Waals surface area contributed by atoms with Gasteiger partial charge in [-0.3, -0.25) is 0 Å². The maximum atomic E-state index is 11.0. The number of carboxylic acid groups (broad SMARTS) is 1. The van der Waals surface area contributed by atoms with Crippen LogP contribution in [0.2, 0.25) is 0 Å². The van der Waals surface area contributed by atoms with Crippen molar-refractivity contribution < 1.29 is 9.90 Å². The fraction of sp³-hybridized carbons (Fsp3) is 0.333. The zero-order valence-corrected chi connectivity index (χ0v) is 11.7. The molecule has 1 aromatic rings. The molecular formula is C12H16N2O2S2. The maximum Gasteiger partial charge on any atom is 0.327 e. The lowest BCUT2D eigenvalue weighted by molar-refractivity contribution is -0.138. The van der Waals surface area contributed by atoms with Crippen molar-refractivity contribution in [3.8, 4) is 0 Å². The SMILES string of the molecule is CCSCC(NC(=S)Nc1ccccc1)C(=O)O. The fourth-order valence-corrected chi connectivity index (χ4v) is 2.21. The fourth-order valence-electron chi connectivity index (χ4n) is 1.26. The van der Waals surface area contributed by atoms with E-state index < -0.39 is 12.0 Å². The Labute approximate surface area is 116 Å². The molecule has 4 nitrogen and oxygen atoms in total. The molecule has 1 atom stereocenters. The number of benzene rings is 1. The van der Waals surface area contributed by atoms with E-state index in [0.717, 1.165) is 11.4 Å². The highest BCUT2D eigenvalue weighted by atomic mass is 32.2. The maximum absolute atomic E-state index is 11.0. The number of nitrogens with one attached hydrogen (secondary N) is 2. The zero-order chi connectivity index (χ0) is 13.4. The average molecular weight is 284 g/mol. The van der Waals surface area contributed by atoms with E-state index in [2.05, 4.69) is 10.6 Å². The van der Waals surface area contributed by atoms with Crippen molar-refractivity contribution in [1.29, 1.82) is 0 Å². The largest absolute Gasteiger partial charge is 0.480 e. The van der Waals surface area contributed by atoms with Crippen LogP contribution < -0.4 is 10.6 Å². The van der Waals surface area contributed by atoms with Gasteiger partial charge in [0, 0.05) is 11.4 Å². The first kappa shape index (κ1) is 14.8. The van der Waals surface area contributed by atoms with Gasteiger partial charge in [-0.15, -0.1) is 0 Å². The van der Waals surface area contributed by atoms with Gasteiger partial charge in [0.25, 0.3) is 0 Å². The minimum absolute atomic E-state index is 0.324. The zero-order valence-electron chi connectivity index (χ0n) is 10.1. The molecule has 1 rings (SSSR count). The molecule has 0 amide bonds. The van der Waals surface area contributed by atoms with Crippen LogP contribution in [0.4, 0.5) is 5.69 Å². The summed E-state index contributed by atoms with van der Waals surface area (Å²) < 4.78 is 0. The van der Waals surface area contributed by atoms with Crippen molar-refractivity contribution in [2.75, 3.05) is 16.8 Å². The average Bonchev–Trinajstić information content (AvgIpc) is 2.35. The van der Waals surface area contributed by atoms with Crippen LogP contribution in [0.25, 0.3) is 0 Å². The number of aliphatic carboxylic acids is 1. The van der Waals surface area contributed by atoms with E-state index in [1.54, 1.807) is 11.8 Å². The lowest BCUT2D eigenvalue weighted by Crippen LogP contribution is -2.44. The van der Waals surface area contributed by atoms with Gasteiger partial charge in [0.2, 0.25) is 0 Å². The molecule has 6 heteroatoms. The Morgan fingerprint density at radius 2 is 2.11 bits per heavy atom. The van der Waals surface area contributed by atoms with Crippen LogP contribution in [-0.2, 0) is 4.79 Å². The van der Waals surface area contributed by atoms with Gasteiger partial charge in [0.1, 0.15) is 6.04 Å². The van der Waals surface area contributed by atoms with Gasteiger partial charge in [0.05, 0.1) is 0 Å². The van der Waals surface area contributed by atoms with Gasteiger partial charge in [0.15, 0.2) is 5.11 Å². The van der Waals surface area contributed by atoms with E-state index in [0.29, 0.717) is 10.9 Å². The number of hydrogen-bond donors (Lipinski definition) is 3. The quantitative estimate of drug-likeness (QED) is 0.696. The van der Waals surface area contributed by atoms with Crippen LogP contribution in [0.3, 0.4) is 0 Å². The van der Waals surface area contributed by atoms with Gasteiger partial charge < -0.3 is 15.7 Å². The van der Waals surface area contributed by atoms with Crippen molar-refractivity contribution >= 4 is 40.7 Å². The Balaban J connectivity index is 2.48. The summed E-state index contributed by atoms with van der Waals surface area (Å²) >= 11 is 6.65. The van der Waals surface area contributed by atoms with E-state index in [1.165, 1.54) is 0 Å². The molecule has 1 aromatic carbocycles. The smallest absolute Gasteiger partial charge is 0.327 e. The predicted molar refractivity (Wildman–Crippen MR) is 80.2 cm³/mol. The number of thiocarbonyl (C=S) groups is 1. The molecule has 3 N–H and O–H groups in total. The van der Waals surface area contributed by atoms with Gasteiger partial charge >= 0.3 is 5.97 Å². The molecular weight excluding hydrogens is 268 g/mol. The molecule has 0 aliphatic rings. The van der Waals surface area contributed by atoms with Gasteiger partial charge in [-0.25, -0.2) is 4.79 Å². The first-order chi connectivity index (χ1) is 8.63.